The van der Waals surface area contributed by atoms with Gasteiger partial charge in [0.2, 0.25) is 0 Å². The molecule has 0 unspecified atom stereocenters. The first-order chi connectivity index (χ1) is 15.8. The first-order valence-corrected chi connectivity index (χ1v) is 11.0. The molecule has 1 amide bonds. The van der Waals surface area contributed by atoms with E-state index in [2.05, 4.69) is 53.8 Å². The van der Waals surface area contributed by atoms with E-state index in [1.165, 1.54) is 16.7 Å². The minimum atomic E-state index is -0.414. The molecule has 4 aromatic carbocycles. The van der Waals surface area contributed by atoms with Crippen LogP contribution in [0.4, 0.5) is 4.79 Å². The van der Waals surface area contributed by atoms with Gasteiger partial charge in [0.1, 0.15) is 5.75 Å². The van der Waals surface area contributed by atoms with Crippen molar-refractivity contribution in [1.82, 2.24) is 5.32 Å². The van der Waals surface area contributed by atoms with Crippen LogP contribution in [-0.2, 0) is 6.42 Å². The number of ether oxygens (including phenoxy) is 1. The van der Waals surface area contributed by atoms with Gasteiger partial charge in [-0.05, 0) is 59.2 Å². The Kier molecular flexibility index (Phi) is 7.33. The molecule has 160 valence electrons. The molecule has 0 heterocycles. The lowest BCUT2D eigenvalue weighted by Gasteiger charge is -2.09. The van der Waals surface area contributed by atoms with Crippen LogP contribution in [0.3, 0.4) is 0 Å². The van der Waals surface area contributed by atoms with Crippen LogP contribution in [0.25, 0.3) is 22.3 Å². The lowest BCUT2D eigenvalue weighted by molar-refractivity contribution is 0.200. The van der Waals surface area contributed by atoms with Gasteiger partial charge in [0.15, 0.2) is 0 Å². The van der Waals surface area contributed by atoms with E-state index >= 15 is 0 Å². The van der Waals surface area contributed by atoms with Gasteiger partial charge < -0.3 is 10.1 Å². The van der Waals surface area contributed by atoms with Crippen molar-refractivity contribution in [2.45, 2.75) is 19.3 Å². The standard InChI is InChI=1S/C29H27NO2/c31-29(32-28-16-9-15-27(22-28)25-13-5-2-6-14-25)30-21-8-7-10-23-17-19-26(20-18-23)24-11-3-1-4-12-24/h1-6,9,11-20,22H,7-8,10,21H2,(H,30,31). The van der Waals surface area contributed by atoms with Crippen LogP contribution in [-0.4, -0.2) is 12.6 Å². The predicted octanol–water partition coefficient (Wildman–Crippen LogP) is 7.13. The van der Waals surface area contributed by atoms with Crippen molar-refractivity contribution in [3.05, 3.63) is 115 Å². The van der Waals surface area contributed by atoms with Crippen molar-refractivity contribution in [2.24, 2.45) is 0 Å². The molecule has 4 aromatic rings. The molecule has 0 atom stereocenters. The highest BCUT2D eigenvalue weighted by Crippen LogP contribution is 2.23. The highest BCUT2D eigenvalue weighted by molar-refractivity contribution is 5.72. The quantitative estimate of drug-likeness (QED) is 0.307. The number of unbranched alkanes of at least 4 members (excludes halogenated alkanes) is 1. The summed E-state index contributed by atoms with van der Waals surface area (Å²) < 4.78 is 5.45. The Morgan fingerprint density at radius 1 is 0.625 bits per heavy atom. The number of hydrogen-bond donors (Lipinski definition) is 1. The summed E-state index contributed by atoms with van der Waals surface area (Å²) in [4.78, 5) is 12.1. The SMILES string of the molecule is O=C(NCCCCc1ccc(-c2ccccc2)cc1)Oc1cccc(-c2ccccc2)c1. The molecule has 1 N–H and O–H groups in total. The molecule has 0 aliphatic carbocycles. The van der Waals surface area contributed by atoms with E-state index in [9.17, 15) is 4.79 Å². The van der Waals surface area contributed by atoms with Crippen LogP contribution < -0.4 is 10.1 Å². The number of rotatable bonds is 8. The van der Waals surface area contributed by atoms with Gasteiger partial charge in [-0.2, -0.15) is 0 Å². The summed E-state index contributed by atoms with van der Waals surface area (Å²) in [6.07, 6.45) is 2.49. The number of aryl methyl sites for hydroxylation is 1. The minimum absolute atomic E-state index is 0.414. The summed E-state index contributed by atoms with van der Waals surface area (Å²) in [5.74, 6) is 0.544. The zero-order valence-corrected chi connectivity index (χ0v) is 18.0. The average Bonchev–Trinajstić information content (AvgIpc) is 2.85. The third-order valence-corrected chi connectivity index (χ3v) is 5.37. The fourth-order valence-corrected chi connectivity index (χ4v) is 3.65. The van der Waals surface area contributed by atoms with Crippen molar-refractivity contribution in [3.8, 4) is 28.0 Å². The van der Waals surface area contributed by atoms with Gasteiger partial charge in [0.05, 0.1) is 0 Å². The molecular weight excluding hydrogens is 394 g/mol. The second-order valence-corrected chi connectivity index (χ2v) is 7.73. The number of nitrogens with one attached hydrogen (secondary N) is 1. The maximum Gasteiger partial charge on any atom is 0.412 e. The largest absolute Gasteiger partial charge is 0.412 e. The predicted molar refractivity (Wildman–Crippen MR) is 131 cm³/mol. The van der Waals surface area contributed by atoms with Crippen LogP contribution in [0.2, 0.25) is 0 Å². The molecular formula is C29H27NO2. The van der Waals surface area contributed by atoms with Gasteiger partial charge in [-0.25, -0.2) is 4.79 Å². The number of carbonyl (C=O) groups is 1. The van der Waals surface area contributed by atoms with Gasteiger partial charge in [-0.15, -0.1) is 0 Å². The van der Waals surface area contributed by atoms with Gasteiger partial charge in [0.25, 0.3) is 0 Å². The third-order valence-electron chi connectivity index (χ3n) is 5.37. The van der Waals surface area contributed by atoms with Crippen LogP contribution in [0, 0.1) is 0 Å². The van der Waals surface area contributed by atoms with Crippen molar-refractivity contribution in [3.63, 3.8) is 0 Å². The van der Waals surface area contributed by atoms with Crippen molar-refractivity contribution in [2.75, 3.05) is 6.54 Å². The maximum atomic E-state index is 12.1. The highest BCUT2D eigenvalue weighted by atomic mass is 16.6. The molecule has 0 aliphatic rings. The lowest BCUT2D eigenvalue weighted by atomic mass is 10.0. The molecule has 32 heavy (non-hydrogen) atoms. The molecule has 4 rings (SSSR count). The van der Waals surface area contributed by atoms with E-state index in [-0.39, 0.29) is 0 Å². The molecule has 0 saturated heterocycles. The van der Waals surface area contributed by atoms with Gasteiger partial charge in [0, 0.05) is 6.54 Å². The van der Waals surface area contributed by atoms with Gasteiger partial charge in [-0.3, -0.25) is 0 Å². The Balaban J connectivity index is 1.18. The van der Waals surface area contributed by atoms with E-state index in [1.807, 2.05) is 54.6 Å². The molecule has 3 nitrogen and oxygen atoms in total. The van der Waals surface area contributed by atoms with Crippen molar-refractivity contribution in [1.29, 1.82) is 0 Å². The Morgan fingerprint density at radius 3 is 1.91 bits per heavy atom. The Morgan fingerprint density at radius 2 is 1.22 bits per heavy atom. The van der Waals surface area contributed by atoms with Crippen molar-refractivity contribution < 1.29 is 9.53 Å². The number of carbonyl (C=O) groups excluding carboxylic acids is 1. The summed E-state index contributed by atoms with van der Waals surface area (Å²) in [5.41, 5.74) is 5.89. The Labute approximate surface area is 189 Å². The molecule has 0 radical (unpaired) electrons. The van der Waals surface area contributed by atoms with Crippen LogP contribution >= 0.6 is 0 Å². The van der Waals surface area contributed by atoms with Crippen LogP contribution in [0.5, 0.6) is 5.75 Å². The van der Waals surface area contributed by atoms with Crippen LogP contribution in [0.1, 0.15) is 18.4 Å². The fraction of sp³-hybridized carbons (Fsp3) is 0.138. The van der Waals surface area contributed by atoms with E-state index in [0.29, 0.717) is 12.3 Å². The summed E-state index contributed by atoms with van der Waals surface area (Å²) in [6.45, 7) is 0.597. The second kappa shape index (κ2) is 11.0. The number of benzene rings is 4. The molecule has 0 fully saturated rings. The van der Waals surface area contributed by atoms with Gasteiger partial charge in [-0.1, -0.05) is 97.1 Å². The maximum absolute atomic E-state index is 12.1. The minimum Gasteiger partial charge on any atom is -0.410 e. The fourth-order valence-electron chi connectivity index (χ4n) is 3.65. The molecule has 0 spiro atoms. The Hall–Kier alpha value is -3.85. The van der Waals surface area contributed by atoms with Crippen LogP contribution in [0.15, 0.2) is 109 Å². The first-order valence-electron chi connectivity index (χ1n) is 11.0. The molecule has 0 aromatic heterocycles. The molecule has 0 saturated carbocycles. The normalized spacial score (nSPS) is 10.5. The lowest BCUT2D eigenvalue weighted by Crippen LogP contribution is -2.27. The zero-order chi connectivity index (χ0) is 22.0. The Bertz CT molecular complexity index is 1120. The first kappa shape index (κ1) is 21.4. The number of amides is 1. The van der Waals surface area contributed by atoms with E-state index in [1.54, 1.807) is 6.07 Å². The number of hydrogen-bond acceptors (Lipinski definition) is 2. The monoisotopic (exact) mass is 421 g/mol. The summed E-state index contributed by atoms with van der Waals surface area (Å²) in [6, 6.07) is 36.7. The van der Waals surface area contributed by atoms with Crippen molar-refractivity contribution >= 4 is 6.09 Å². The zero-order valence-electron chi connectivity index (χ0n) is 18.0. The summed E-state index contributed by atoms with van der Waals surface area (Å²) >= 11 is 0. The van der Waals surface area contributed by atoms with E-state index in [0.717, 1.165) is 30.4 Å². The second-order valence-electron chi connectivity index (χ2n) is 7.73. The van der Waals surface area contributed by atoms with E-state index in [4.69, 9.17) is 4.74 Å². The molecule has 3 heteroatoms. The molecule has 0 aliphatic heterocycles. The molecule has 0 bridgehead atoms. The smallest absolute Gasteiger partial charge is 0.410 e. The third kappa shape index (κ3) is 6.08. The summed E-state index contributed by atoms with van der Waals surface area (Å²) in [7, 11) is 0. The highest BCUT2D eigenvalue weighted by Gasteiger charge is 2.05. The van der Waals surface area contributed by atoms with Gasteiger partial charge >= 0.3 is 6.09 Å². The average molecular weight is 422 g/mol. The topological polar surface area (TPSA) is 38.3 Å². The summed E-state index contributed by atoms with van der Waals surface area (Å²) in [5, 5.41) is 2.85. The van der Waals surface area contributed by atoms with E-state index < -0.39 is 6.09 Å².